The van der Waals surface area contributed by atoms with Gasteiger partial charge in [0.25, 0.3) is 0 Å². The first kappa shape index (κ1) is 27.7. The van der Waals surface area contributed by atoms with Crippen molar-refractivity contribution in [2.24, 2.45) is 5.41 Å². The average Bonchev–Trinajstić information content (AvgIpc) is 2.83. The lowest BCUT2D eigenvalue weighted by Crippen LogP contribution is -2.51. The highest BCUT2D eigenvalue weighted by molar-refractivity contribution is 5.91. The molecular weight excluding hydrogens is 450 g/mol. The molecule has 6 heteroatoms. The summed E-state index contributed by atoms with van der Waals surface area (Å²) < 4.78 is 6.03. The van der Waals surface area contributed by atoms with Crippen molar-refractivity contribution in [1.29, 1.82) is 0 Å². The van der Waals surface area contributed by atoms with Crippen LogP contribution in [-0.4, -0.2) is 53.3 Å². The lowest BCUT2D eigenvalue weighted by molar-refractivity contribution is -0.147. The van der Waals surface area contributed by atoms with Crippen LogP contribution in [0.3, 0.4) is 0 Å². The molecule has 6 nitrogen and oxygen atoms in total. The van der Waals surface area contributed by atoms with Crippen LogP contribution in [0.5, 0.6) is 5.75 Å². The molecule has 1 aliphatic rings. The van der Waals surface area contributed by atoms with Crippen molar-refractivity contribution >= 4 is 11.8 Å². The zero-order valence-electron chi connectivity index (χ0n) is 23.0. The first-order chi connectivity index (χ1) is 17.0. The summed E-state index contributed by atoms with van der Waals surface area (Å²) in [5.41, 5.74) is 2.48. The summed E-state index contributed by atoms with van der Waals surface area (Å²) in [5.74, 6) is 0.638. The Kier molecular flexibility index (Phi) is 9.18. The van der Waals surface area contributed by atoms with E-state index in [1.54, 1.807) is 4.90 Å². The number of carbonyl (C=O) groups excluding carboxylic acids is 2. The van der Waals surface area contributed by atoms with Crippen molar-refractivity contribution in [3.8, 4) is 5.75 Å². The highest BCUT2D eigenvalue weighted by atomic mass is 16.5. The Balaban J connectivity index is 1.80. The molecule has 0 bridgehead atoms. The van der Waals surface area contributed by atoms with E-state index >= 15 is 0 Å². The summed E-state index contributed by atoms with van der Waals surface area (Å²) in [5, 5.41) is 3.13. The van der Waals surface area contributed by atoms with Gasteiger partial charge in [-0.2, -0.15) is 0 Å². The maximum atomic E-state index is 13.6. The third-order valence-corrected chi connectivity index (χ3v) is 6.74. The van der Waals surface area contributed by atoms with Gasteiger partial charge in [-0.15, -0.1) is 0 Å². The van der Waals surface area contributed by atoms with Crippen LogP contribution in [0, 0.1) is 5.41 Å². The summed E-state index contributed by atoms with van der Waals surface area (Å²) in [6.45, 7) is 16.7. The molecule has 2 aromatic rings. The Hall–Kier alpha value is -2.86. The minimum atomic E-state index is -0.643. The summed E-state index contributed by atoms with van der Waals surface area (Å²) >= 11 is 0. The minimum absolute atomic E-state index is 0.0105. The molecule has 0 saturated carbocycles. The van der Waals surface area contributed by atoms with Crippen molar-refractivity contribution in [3.05, 3.63) is 65.2 Å². The van der Waals surface area contributed by atoms with Crippen LogP contribution >= 0.6 is 0 Å². The molecule has 36 heavy (non-hydrogen) atoms. The molecule has 0 fully saturated rings. The molecule has 1 heterocycles. The van der Waals surface area contributed by atoms with Gasteiger partial charge in [0, 0.05) is 37.1 Å². The average molecular weight is 494 g/mol. The van der Waals surface area contributed by atoms with Crippen LogP contribution in [0.4, 0.5) is 0 Å². The monoisotopic (exact) mass is 493 g/mol. The van der Waals surface area contributed by atoms with Gasteiger partial charge in [-0.25, -0.2) is 0 Å². The van der Waals surface area contributed by atoms with Gasteiger partial charge in [-0.3, -0.25) is 14.5 Å². The van der Waals surface area contributed by atoms with Crippen LogP contribution in [0.15, 0.2) is 48.5 Å². The van der Waals surface area contributed by atoms with Gasteiger partial charge >= 0.3 is 0 Å². The molecule has 0 aliphatic carbocycles. The molecule has 1 atom stereocenters. The number of fused-ring (bicyclic) bond motifs is 1. The number of nitrogens with zero attached hydrogens (tertiary/aromatic N) is 2. The van der Waals surface area contributed by atoms with E-state index in [0.29, 0.717) is 38.2 Å². The van der Waals surface area contributed by atoms with E-state index in [-0.39, 0.29) is 11.8 Å². The number of amides is 2. The predicted octanol–water partition coefficient (Wildman–Crippen LogP) is 4.97. The number of ether oxygens (including phenoxy) is 1. The van der Waals surface area contributed by atoms with E-state index in [4.69, 9.17) is 4.74 Å². The molecule has 1 aliphatic heterocycles. The second kappa shape index (κ2) is 11.9. The fourth-order valence-electron chi connectivity index (χ4n) is 4.88. The first-order valence-corrected chi connectivity index (χ1v) is 13.1. The zero-order valence-corrected chi connectivity index (χ0v) is 23.0. The first-order valence-electron chi connectivity index (χ1n) is 13.1. The number of benzene rings is 2. The Bertz CT molecular complexity index is 1020. The number of carbonyl (C=O) groups is 2. The fraction of sp³-hybridized carbons (Fsp3) is 0.533. The van der Waals surface area contributed by atoms with Crippen LogP contribution in [-0.2, 0) is 22.6 Å². The van der Waals surface area contributed by atoms with Crippen molar-refractivity contribution in [2.45, 2.75) is 79.6 Å². The maximum absolute atomic E-state index is 13.6. The number of hydrogen-bond acceptors (Lipinski definition) is 4. The van der Waals surface area contributed by atoms with Crippen LogP contribution in [0.1, 0.15) is 71.2 Å². The maximum Gasteiger partial charge on any atom is 0.247 e. The van der Waals surface area contributed by atoms with E-state index in [1.807, 2.05) is 69.3 Å². The summed E-state index contributed by atoms with van der Waals surface area (Å²) in [6.07, 6.45) is 0.692. The smallest absolute Gasteiger partial charge is 0.247 e. The summed E-state index contributed by atoms with van der Waals surface area (Å²) in [4.78, 5) is 31.0. The van der Waals surface area contributed by atoms with Crippen LogP contribution in [0.2, 0.25) is 0 Å². The Morgan fingerprint density at radius 3 is 2.33 bits per heavy atom. The minimum Gasteiger partial charge on any atom is -0.489 e. The highest BCUT2D eigenvalue weighted by Crippen LogP contribution is 2.35. The van der Waals surface area contributed by atoms with Crippen molar-refractivity contribution in [2.75, 3.05) is 19.6 Å². The van der Waals surface area contributed by atoms with Gasteiger partial charge in [0.1, 0.15) is 18.4 Å². The second-order valence-electron chi connectivity index (χ2n) is 11.3. The molecule has 2 amide bonds. The molecule has 0 aromatic heterocycles. The lowest BCUT2D eigenvalue weighted by atomic mass is 9.87. The molecule has 1 N–H and O–H groups in total. The molecule has 0 saturated heterocycles. The molecule has 0 spiro atoms. The van der Waals surface area contributed by atoms with E-state index in [2.05, 4.69) is 37.9 Å². The van der Waals surface area contributed by atoms with Crippen LogP contribution in [0.25, 0.3) is 0 Å². The molecule has 3 rings (SSSR count). The van der Waals surface area contributed by atoms with Crippen LogP contribution < -0.4 is 10.1 Å². The third-order valence-electron chi connectivity index (χ3n) is 6.74. The summed E-state index contributed by atoms with van der Waals surface area (Å²) in [6, 6.07) is 16.1. The van der Waals surface area contributed by atoms with E-state index in [1.165, 1.54) is 0 Å². The fourth-order valence-corrected chi connectivity index (χ4v) is 4.88. The van der Waals surface area contributed by atoms with Gasteiger partial charge in [0.15, 0.2) is 0 Å². The third kappa shape index (κ3) is 6.88. The SMILES string of the molecule is CC(C)N(CCNC(=O)C1c2ccc(OCc3ccccc3)cc2CCN1C(=O)C(C)(C)C)C(C)C. The largest absolute Gasteiger partial charge is 0.489 e. The number of rotatable bonds is 9. The van der Waals surface area contributed by atoms with Crippen molar-refractivity contribution in [1.82, 2.24) is 15.1 Å². The van der Waals surface area contributed by atoms with E-state index < -0.39 is 11.5 Å². The van der Waals surface area contributed by atoms with Gasteiger partial charge in [0.05, 0.1) is 0 Å². The number of hydrogen-bond donors (Lipinski definition) is 1. The van der Waals surface area contributed by atoms with Gasteiger partial charge in [-0.1, -0.05) is 57.2 Å². The van der Waals surface area contributed by atoms with Gasteiger partial charge in [0.2, 0.25) is 11.8 Å². The molecular formula is C30H43N3O3. The predicted molar refractivity (Wildman–Crippen MR) is 145 cm³/mol. The summed E-state index contributed by atoms with van der Waals surface area (Å²) in [7, 11) is 0. The quantitative estimate of drug-likeness (QED) is 0.536. The Morgan fingerprint density at radius 1 is 1.06 bits per heavy atom. The van der Waals surface area contributed by atoms with E-state index in [0.717, 1.165) is 29.0 Å². The van der Waals surface area contributed by atoms with Crippen molar-refractivity contribution in [3.63, 3.8) is 0 Å². The standard InChI is InChI=1S/C30H43N3O3/c1-21(2)32(22(3)4)18-16-31-28(34)27-26-14-13-25(36-20-23-11-9-8-10-12-23)19-24(26)15-17-33(27)29(35)30(5,6)7/h8-14,19,21-22,27H,15-18,20H2,1-7H3,(H,31,34). The molecule has 196 valence electrons. The number of nitrogens with one attached hydrogen (secondary N) is 1. The molecule has 0 radical (unpaired) electrons. The van der Waals surface area contributed by atoms with Gasteiger partial charge in [-0.05, 0) is 62.9 Å². The normalized spacial score (nSPS) is 15.8. The topological polar surface area (TPSA) is 61.9 Å². The van der Waals surface area contributed by atoms with Gasteiger partial charge < -0.3 is 15.0 Å². The molecule has 2 aromatic carbocycles. The lowest BCUT2D eigenvalue weighted by Gasteiger charge is -2.40. The zero-order chi connectivity index (χ0) is 26.5. The van der Waals surface area contributed by atoms with E-state index in [9.17, 15) is 9.59 Å². The highest BCUT2D eigenvalue weighted by Gasteiger charge is 2.39. The Labute approximate surface area is 217 Å². The Morgan fingerprint density at radius 2 is 1.72 bits per heavy atom. The van der Waals surface area contributed by atoms with Crippen molar-refractivity contribution < 1.29 is 14.3 Å². The molecule has 1 unspecified atom stereocenters. The second-order valence-corrected chi connectivity index (χ2v) is 11.3.